The summed E-state index contributed by atoms with van der Waals surface area (Å²) in [6, 6.07) is 20.0. The zero-order valence-electron chi connectivity index (χ0n) is 19.6. The highest BCUT2D eigenvalue weighted by atomic mass is 16.2. The zero-order valence-corrected chi connectivity index (χ0v) is 19.6. The van der Waals surface area contributed by atoms with Crippen molar-refractivity contribution in [3.63, 3.8) is 0 Å². The molecule has 35 heavy (non-hydrogen) atoms. The molecule has 1 fully saturated rings. The van der Waals surface area contributed by atoms with Crippen LogP contribution in [0, 0.1) is 6.92 Å². The van der Waals surface area contributed by atoms with Crippen LogP contribution >= 0.6 is 0 Å². The zero-order chi connectivity index (χ0) is 23.8. The first-order chi connectivity index (χ1) is 17.2. The second kappa shape index (κ2) is 8.92. The Labute approximate surface area is 203 Å². The normalized spacial score (nSPS) is 16.2. The second-order valence-corrected chi connectivity index (χ2v) is 9.06. The van der Waals surface area contributed by atoms with Crippen LogP contribution in [0.1, 0.15) is 23.7 Å². The van der Waals surface area contributed by atoms with E-state index in [-0.39, 0.29) is 11.7 Å². The minimum atomic E-state index is -0.0452. The Bertz CT molecular complexity index is 1540. The van der Waals surface area contributed by atoms with E-state index in [0.29, 0.717) is 0 Å². The summed E-state index contributed by atoms with van der Waals surface area (Å²) in [5, 5.41) is 0. The molecule has 5 aromatic rings. The summed E-state index contributed by atoms with van der Waals surface area (Å²) in [4.78, 5) is 29.4. The summed E-state index contributed by atoms with van der Waals surface area (Å²) < 4.78 is 3.67. The van der Waals surface area contributed by atoms with E-state index >= 15 is 0 Å². The SMILES string of the molecule is Cc1cccnc1CN1CC[C@H](n2c(=O)n(-c3ccc(-c4ccncc4)cc3)c3cccnc32)C1. The molecule has 174 valence electrons. The Morgan fingerprint density at radius 1 is 0.886 bits per heavy atom. The molecule has 1 saturated heterocycles. The predicted octanol–water partition coefficient (Wildman–Crippen LogP) is 4.40. The second-order valence-electron chi connectivity index (χ2n) is 9.06. The number of hydrogen-bond acceptors (Lipinski definition) is 5. The Balaban J connectivity index is 1.34. The van der Waals surface area contributed by atoms with E-state index in [0.717, 1.165) is 59.7 Å². The molecule has 0 bridgehead atoms. The van der Waals surface area contributed by atoms with Crippen molar-refractivity contribution in [3.8, 4) is 16.8 Å². The van der Waals surface area contributed by atoms with Gasteiger partial charge in [-0.15, -0.1) is 0 Å². The third kappa shape index (κ3) is 3.94. The van der Waals surface area contributed by atoms with Crippen LogP contribution in [0.3, 0.4) is 0 Å². The molecule has 1 aromatic carbocycles. The van der Waals surface area contributed by atoms with Gasteiger partial charge < -0.3 is 0 Å². The average molecular weight is 463 g/mol. The lowest BCUT2D eigenvalue weighted by molar-refractivity contribution is 0.311. The Kier molecular flexibility index (Phi) is 5.47. The van der Waals surface area contributed by atoms with Crippen molar-refractivity contribution in [3.05, 3.63) is 107 Å². The standard InChI is InChI=1S/C28H26N6O/c1-20-4-2-13-30-25(20)19-32-17-12-24(18-32)34-27-26(5-3-14-31-27)33(28(34)35)23-8-6-21(7-9-23)22-10-15-29-16-11-22/h2-11,13-16,24H,12,17-19H2,1H3/t24-/m0/s1. The van der Waals surface area contributed by atoms with Gasteiger partial charge in [0.1, 0.15) is 0 Å². The summed E-state index contributed by atoms with van der Waals surface area (Å²) in [5.74, 6) is 0. The Morgan fingerprint density at radius 2 is 1.63 bits per heavy atom. The molecule has 1 atom stereocenters. The van der Waals surface area contributed by atoms with E-state index in [4.69, 9.17) is 0 Å². The van der Waals surface area contributed by atoms with Crippen LogP contribution in [0.4, 0.5) is 0 Å². The fourth-order valence-electron chi connectivity index (χ4n) is 5.04. The molecule has 0 N–H and O–H groups in total. The number of imidazole rings is 1. The largest absolute Gasteiger partial charge is 0.335 e. The van der Waals surface area contributed by atoms with Gasteiger partial charge in [-0.1, -0.05) is 18.2 Å². The molecule has 1 aliphatic heterocycles. The number of hydrogen-bond donors (Lipinski definition) is 0. The molecule has 0 saturated carbocycles. The highest BCUT2D eigenvalue weighted by Crippen LogP contribution is 2.27. The van der Waals surface area contributed by atoms with E-state index in [1.807, 2.05) is 65.4 Å². The molecular weight excluding hydrogens is 436 g/mol. The molecule has 4 aromatic heterocycles. The number of benzene rings is 1. The molecule has 6 rings (SSSR count). The van der Waals surface area contributed by atoms with Crippen molar-refractivity contribution < 1.29 is 0 Å². The molecule has 0 unspecified atom stereocenters. The maximum absolute atomic E-state index is 13.8. The Hall–Kier alpha value is -4.10. The number of likely N-dealkylation sites (tertiary alicyclic amines) is 1. The van der Waals surface area contributed by atoms with Gasteiger partial charge in [0.25, 0.3) is 0 Å². The van der Waals surface area contributed by atoms with E-state index < -0.39 is 0 Å². The van der Waals surface area contributed by atoms with Crippen LogP contribution in [0.25, 0.3) is 28.0 Å². The highest BCUT2D eigenvalue weighted by Gasteiger charge is 2.29. The first kappa shape index (κ1) is 21.4. The van der Waals surface area contributed by atoms with Crippen LogP contribution in [0.2, 0.25) is 0 Å². The average Bonchev–Trinajstić information content (AvgIpc) is 3.47. The summed E-state index contributed by atoms with van der Waals surface area (Å²) >= 11 is 0. The molecule has 1 aliphatic rings. The molecule has 0 spiro atoms. The number of fused-ring (bicyclic) bond motifs is 1. The molecule has 7 heteroatoms. The van der Waals surface area contributed by atoms with Crippen molar-refractivity contribution in [2.24, 2.45) is 0 Å². The van der Waals surface area contributed by atoms with Crippen LogP contribution in [-0.2, 0) is 6.54 Å². The van der Waals surface area contributed by atoms with Crippen molar-refractivity contribution in [2.75, 3.05) is 13.1 Å². The van der Waals surface area contributed by atoms with Gasteiger partial charge in [-0.05, 0) is 72.5 Å². The monoisotopic (exact) mass is 462 g/mol. The fourth-order valence-corrected chi connectivity index (χ4v) is 5.04. The molecule has 0 amide bonds. The number of aromatic nitrogens is 5. The van der Waals surface area contributed by atoms with E-state index in [9.17, 15) is 4.79 Å². The van der Waals surface area contributed by atoms with Crippen molar-refractivity contribution in [1.29, 1.82) is 0 Å². The Morgan fingerprint density at radius 3 is 2.43 bits per heavy atom. The molecule has 7 nitrogen and oxygen atoms in total. The first-order valence-corrected chi connectivity index (χ1v) is 11.9. The van der Waals surface area contributed by atoms with Crippen LogP contribution in [-0.4, -0.2) is 42.1 Å². The van der Waals surface area contributed by atoms with Gasteiger partial charge in [-0.25, -0.2) is 9.78 Å². The minimum absolute atomic E-state index is 0.0452. The predicted molar refractivity (Wildman–Crippen MR) is 136 cm³/mol. The summed E-state index contributed by atoms with van der Waals surface area (Å²) in [5.41, 5.74) is 6.82. The fraction of sp³-hybridized carbons (Fsp3) is 0.214. The lowest BCUT2D eigenvalue weighted by Crippen LogP contribution is -2.29. The van der Waals surface area contributed by atoms with E-state index in [1.165, 1.54) is 5.56 Å². The number of pyridine rings is 3. The topological polar surface area (TPSA) is 68.8 Å². The third-order valence-electron chi connectivity index (χ3n) is 6.88. The van der Waals surface area contributed by atoms with Crippen LogP contribution < -0.4 is 5.69 Å². The van der Waals surface area contributed by atoms with Gasteiger partial charge in [0.05, 0.1) is 22.9 Å². The van der Waals surface area contributed by atoms with Gasteiger partial charge in [-0.3, -0.25) is 24.0 Å². The molecular formula is C28H26N6O. The van der Waals surface area contributed by atoms with Gasteiger partial charge in [-0.2, -0.15) is 0 Å². The smallest absolute Gasteiger partial charge is 0.295 e. The maximum Gasteiger partial charge on any atom is 0.335 e. The summed E-state index contributed by atoms with van der Waals surface area (Å²) in [6.45, 7) is 4.61. The van der Waals surface area contributed by atoms with E-state index in [1.54, 1.807) is 23.2 Å². The van der Waals surface area contributed by atoms with Gasteiger partial charge in [0.15, 0.2) is 5.65 Å². The van der Waals surface area contributed by atoms with Crippen LogP contribution in [0.5, 0.6) is 0 Å². The number of aryl methyl sites for hydroxylation is 1. The van der Waals surface area contributed by atoms with Crippen molar-refractivity contribution >= 4 is 11.2 Å². The van der Waals surface area contributed by atoms with Crippen molar-refractivity contribution in [2.45, 2.75) is 25.9 Å². The summed E-state index contributed by atoms with van der Waals surface area (Å²) in [7, 11) is 0. The number of rotatable bonds is 5. The highest BCUT2D eigenvalue weighted by molar-refractivity contribution is 5.74. The molecule has 0 radical (unpaired) electrons. The van der Waals surface area contributed by atoms with Crippen LogP contribution in [0.15, 0.2) is 90.2 Å². The maximum atomic E-state index is 13.8. The lowest BCUT2D eigenvalue weighted by Gasteiger charge is -2.17. The third-order valence-corrected chi connectivity index (χ3v) is 6.88. The van der Waals surface area contributed by atoms with Gasteiger partial charge >= 0.3 is 5.69 Å². The molecule has 0 aliphatic carbocycles. The van der Waals surface area contributed by atoms with Gasteiger partial charge in [0.2, 0.25) is 0 Å². The quantitative estimate of drug-likeness (QED) is 0.387. The summed E-state index contributed by atoms with van der Waals surface area (Å²) in [6.07, 6.45) is 8.08. The minimum Gasteiger partial charge on any atom is -0.295 e. The lowest BCUT2D eigenvalue weighted by atomic mass is 10.1. The van der Waals surface area contributed by atoms with E-state index in [2.05, 4.69) is 32.8 Å². The van der Waals surface area contributed by atoms with Gasteiger partial charge in [0, 0.05) is 44.4 Å². The number of nitrogens with zero attached hydrogens (tertiary/aromatic N) is 6. The molecule has 5 heterocycles. The van der Waals surface area contributed by atoms with Crippen molar-refractivity contribution in [1.82, 2.24) is 29.0 Å². The first-order valence-electron chi connectivity index (χ1n) is 11.9.